The molecule has 1 unspecified atom stereocenters. The maximum absolute atomic E-state index is 3.58. The van der Waals surface area contributed by atoms with Gasteiger partial charge in [0.25, 0.3) is 0 Å². The largest absolute Gasteiger partial charge is 0.310 e. The Morgan fingerprint density at radius 3 is 2.28 bits per heavy atom. The van der Waals surface area contributed by atoms with Crippen LogP contribution in [-0.2, 0) is 6.42 Å². The van der Waals surface area contributed by atoms with Crippen molar-refractivity contribution in [2.24, 2.45) is 0 Å². The lowest BCUT2D eigenvalue weighted by molar-refractivity contribution is 0.605. The summed E-state index contributed by atoms with van der Waals surface area (Å²) in [5.41, 5.74) is 2.87. The molecule has 0 aromatic heterocycles. The van der Waals surface area contributed by atoms with Gasteiger partial charge in [-0.1, -0.05) is 58.4 Å². The molecular formula is C16H27NS. The minimum Gasteiger partial charge on any atom is -0.310 e. The van der Waals surface area contributed by atoms with Crippen molar-refractivity contribution in [2.45, 2.75) is 51.8 Å². The fourth-order valence-electron chi connectivity index (χ4n) is 2.01. The Hall–Kier alpha value is -0.470. The first-order valence-corrected chi connectivity index (χ1v) is 8.16. The third-order valence-corrected chi connectivity index (χ3v) is 4.16. The van der Waals surface area contributed by atoms with Crippen LogP contribution in [-0.4, -0.2) is 17.5 Å². The van der Waals surface area contributed by atoms with E-state index in [0.717, 1.165) is 12.3 Å². The fraction of sp³-hybridized carbons (Fsp3) is 0.625. The van der Waals surface area contributed by atoms with Gasteiger partial charge in [0.15, 0.2) is 0 Å². The molecule has 0 aliphatic carbocycles. The van der Waals surface area contributed by atoms with Gasteiger partial charge in [-0.25, -0.2) is 0 Å². The molecule has 1 aromatic carbocycles. The van der Waals surface area contributed by atoms with Gasteiger partial charge in [-0.2, -0.15) is 11.8 Å². The quantitative estimate of drug-likeness (QED) is 0.746. The number of aryl methyl sites for hydroxylation is 1. The summed E-state index contributed by atoms with van der Waals surface area (Å²) < 4.78 is 0. The first-order valence-electron chi connectivity index (χ1n) is 7.11. The van der Waals surface area contributed by atoms with Crippen molar-refractivity contribution in [1.29, 1.82) is 0 Å². The van der Waals surface area contributed by atoms with Crippen LogP contribution in [0, 0.1) is 0 Å². The Labute approximate surface area is 117 Å². The molecule has 0 spiro atoms. The van der Waals surface area contributed by atoms with Crippen molar-refractivity contribution in [3.05, 3.63) is 35.4 Å². The Morgan fingerprint density at radius 2 is 1.78 bits per heavy atom. The number of nitrogens with one attached hydrogen (secondary N) is 1. The van der Waals surface area contributed by atoms with Crippen molar-refractivity contribution in [3.8, 4) is 0 Å². The van der Waals surface area contributed by atoms with E-state index < -0.39 is 0 Å². The molecule has 1 nitrogen and oxygen atoms in total. The molecule has 1 N–H and O–H groups in total. The van der Waals surface area contributed by atoms with E-state index >= 15 is 0 Å². The maximum Gasteiger partial charge on any atom is 0.0411 e. The molecule has 0 bridgehead atoms. The molecule has 18 heavy (non-hydrogen) atoms. The van der Waals surface area contributed by atoms with Crippen LogP contribution in [0.3, 0.4) is 0 Å². The number of rotatable bonds is 8. The molecule has 0 aliphatic rings. The first kappa shape index (κ1) is 15.6. The molecule has 1 rings (SSSR count). The highest BCUT2D eigenvalue weighted by molar-refractivity contribution is 7.99. The summed E-state index contributed by atoms with van der Waals surface area (Å²) >= 11 is 2.03. The number of hydrogen-bond donors (Lipinski definition) is 1. The van der Waals surface area contributed by atoms with Crippen molar-refractivity contribution < 1.29 is 0 Å². The average molecular weight is 265 g/mol. The van der Waals surface area contributed by atoms with E-state index in [-0.39, 0.29) is 0 Å². The van der Waals surface area contributed by atoms with Crippen LogP contribution in [0.15, 0.2) is 24.3 Å². The molecule has 2 heteroatoms. The topological polar surface area (TPSA) is 12.0 Å². The SMILES string of the molecule is CCCc1ccc(C(CSC(C)C)NCC)cc1. The van der Waals surface area contributed by atoms with Gasteiger partial charge in [0.1, 0.15) is 0 Å². The third kappa shape index (κ3) is 5.45. The van der Waals surface area contributed by atoms with Gasteiger partial charge in [0.05, 0.1) is 0 Å². The second-order valence-electron chi connectivity index (χ2n) is 4.98. The van der Waals surface area contributed by atoms with E-state index in [1.165, 1.54) is 24.0 Å². The van der Waals surface area contributed by atoms with Gasteiger partial charge in [0.2, 0.25) is 0 Å². The van der Waals surface area contributed by atoms with Crippen LogP contribution in [0.4, 0.5) is 0 Å². The molecule has 0 saturated carbocycles. The van der Waals surface area contributed by atoms with Crippen LogP contribution in [0.5, 0.6) is 0 Å². The van der Waals surface area contributed by atoms with E-state index in [1.54, 1.807) is 0 Å². The predicted octanol–water partition coefficient (Wildman–Crippen LogP) is 4.43. The van der Waals surface area contributed by atoms with Crippen LogP contribution >= 0.6 is 11.8 Å². The lowest BCUT2D eigenvalue weighted by Crippen LogP contribution is -2.23. The maximum atomic E-state index is 3.58. The third-order valence-electron chi connectivity index (χ3n) is 2.97. The van der Waals surface area contributed by atoms with Gasteiger partial charge in [-0.15, -0.1) is 0 Å². The molecule has 1 atom stereocenters. The summed E-state index contributed by atoms with van der Waals surface area (Å²) in [7, 11) is 0. The molecule has 1 aromatic rings. The Balaban J connectivity index is 2.65. The monoisotopic (exact) mass is 265 g/mol. The van der Waals surface area contributed by atoms with Gasteiger partial charge in [0, 0.05) is 11.8 Å². The van der Waals surface area contributed by atoms with Crippen molar-refractivity contribution in [3.63, 3.8) is 0 Å². The van der Waals surface area contributed by atoms with Crippen LogP contribution < -0.4 is 5.32 Å². The summed E-state index contributed by atoms with van der Waals surface area (Å²) in [4.78, 5) is 0. The number of hydrogen-bond acceptors (Lipinski definition) is 2. The summed E-state index contributed by atoms with van der Waals surface area (Å²) in [6.07, 6.45) is 2.41. The standard InChI is InChI=1S/C16H27NS/c1-5-7-14-8-10-15(11-9-14)16(17-6-2)12-18-13(3)4/h8-11,13,16-17H,5-7,12H2,1-4H3. The zero-order valence-electron chi connectivity index (χ0n) is 12.2. The van der Waals surface area contributed by atoms with Gasteiger partial charge < -0.3 is 5.32 Å². The minimum atomic E-state index is 0.484. The minimum absolute atomic E-state index is 0.484. The normalized spacial score (nSPS) is 12.9. The summed E-state index contributed by atoms with van der Waals surface area (Å²) in [6, 6.07) is 9.63. The first-order chi connectivity index (χ1) is 8.67. The zero-order valence-corrected chi connectivity index (χ0v) is 13.0. The Kier molecular flexibility index (Phi) is 7.45. The van der Waals surface area contributed by atoms with Crippen molar-refractivity contribution in [1.82, 2.24) is 5.32 Å². The molecule has 0 heterocycles. The number of thioether (sulfide) groups is 1. The van der Waals surface area contributed by atoms with Crippen LogP contribution in [0.1, 0.15) is 51.3 Å². The smallest absolute Gasteiger partial charge is 0.0411 e. The summed E-state index contributed by atoms with van der Waals surface area (Å²) in [6.45, 7) is 9.96. The van der Waals surface area contributed by atoms with E-state index in [2.05, 4.69) is 57.3 Å². The van der Waals surface area contributed by atoms with Crippen molar-refractivity contribution >= 4 is 11.8 Å². The van der Waals surface area contributed by atoms with Crippen molar-refractivity contribution in [2.75, 3.05) is 12.3 Å². The summed E-state index contributed by atoms with van der Waals surface area (Å²) in [5, 5.41) is 4.28. The average Bonchev–Trinajstić information content (AvgIpc) is 2.36. The molecule has 0 saturated heterocycles. The Bertz CT molecular complexity index is 318. The molecule has 0 fully saturated rings. The fourth-order valence-corrected chi connectivity index (χ4v) is 2.90. The highest BCUT2D eigenvalue weighted by atomic mass is 32.2. The molecule has 0 amide bonds. The van der Waals surface area contributed by atoms with E-state index in [4.69, 9.17) is 0 Å². The van der Waals surface area contributed by atoms with Gasteiger partial charge in [-0.05, 0) is 29.3 Å². The zero-order chi connectivity index (χ0) is 13.4. The lowest BCUT2D eigenvalue weighted by atomic mass is 10.0. The van der Waals surface area contributed by atoms with Gasteiger partial charge >= 0.3 is 0 Å². The Morgan fingerprint density at radius 1 is 1.11 bits per heavy atom. The molecule has 0 radical (unpaired) electrons. The molecular weight excluding hydrogens is 238 g/mol. The predicted molar refractivity (Wildman–Crippen MR) is 84.4 cm³/mol. The highest BCUT2D eigenvalue weighted by Gasteiger charge is 2.11. The molecule has 0 aliphatic heterocycles. The van der Waals surface area contributed by atoms with E-state index in [9.17, 15) is 0 Å². The number of benzene rings is 1. The van der Waals surface area contributed by atoms with Gasteiger partial charge in [-0.3, -0.25) is 0 Å². The van der Waals surface area contributed by atoms with E-state index in [0.29, 0.717) is 11.3 Å². The summed E-state index contributed by atoms with van der Waals surface area (Å²) in [5.74, 6) is 1.15. The lowest BCUT2D eigenvalue weighted by Gasteiger charge is -2.19. The van der Waals surface area contributed by atoms with Crippen LogP contribution in [0.25, 0.3) is 0 Å². The van der Waals surface area contributed by atoms with E-state index in [1.807, 2.05) is 11.8 Å². The van der Waals surface area contributed by atoms with Crippen LogP contribution in [0.2, 0.25) is 0 Å². The highest BCUT2D eigenvalue weighted by Crippen LogP contribution is 2.21. The molecule has 102 valence electrons. The second-order valence-corrected chi connectivity index (χ2v) is 6.59. The second kappa shape index (κ2) is 8.60.